The zero-order valence-electron chi connectivity index (χ0n) is 8.71. The molecule has 0 spiro atoms. The van der Waals surface area contributed by atoms with Crippen LogP contribution < -0.4 is 5.32 Å². The summed E-state index contributed by atoms with van der Waals surface area (Å²) in [6, 6.07) is 0.625. The number of hydrogen-bond acceptors (Lipinski definition) is 4. The Bertz CT molecular complexity index is 156. The van der Waals surface area contributed by atoms with E-state index in [4.69, 9.17) is 9.47 Å². The van der Waals surface area contributed by atoms with Gasteiger partial charge in [0.05, 0.1) is 32.5 Å². The van der Waals surface area contributed by atoms with E-state index in [1.165, 1.54) is 13.0 Å². The molecule has 0 aromatic rings. The molecule has 0 aromatic heterocycles. The Morgan fingerprint density at radius 1 is 1.14 bits per heavy atom. The van der Waals surface area contributed by atoms with Crippen LogP contribution in [0.1, 0.15) is 6.42 Å². The number of nitrogens with one attached hydrogen (secondary N) is 1. The summed E-state index contributed by atoms with van der Waals surface area (Å²) in [5.74, 6) is 0. The lowest BCUT2D eigenvalue weighted by Crippen LogP contribution is -2.47. The number of nitrogens with zero attached hydrogens (tertiary/aromatic N) is 1. The highest BCUT2D eigenvalue weighted by atomic mass is 16.5. The van der Waals surface area contributed by atoms with Gasteiger partial charge in [-0.05, 0) is 19.5 Å². The monoisotopic (exact) mass is 200 g/mol. The lowest BCUT2D eigenvalue weighted by molar-refractivity contribution is -0.00576. The van der Waals surface area contributed by atoms with Gasteiger partial charge in [0, 0.05) is 13.1 Å². The molecule has 0 amide bonds. The second kappa shape index (κ2) is 5.66. The number of morpholine rings is 1. The summed E-state index contributed by atoms with van der Waals surface area (Å²) in [6.07, 6.45) is 1.23. The summed E-state index contributed by atoms with van der Waals surface area (Å²) < 4.78 is 10.4. The van der Waals surface area contributed by atoms with Crippen molar-refractivity contribution < 1.29 is 9.47 Å². The average molecular weight is 200 g/mol. The van der Waals surface area contributed by atoms with Crippen molar-refractivity contribution in [3.63, 3.8) is 0 Å². The molecule has 2 fully saturated rings. The fourth-order valence-electron chi connectivity index (χ4n) is 1.79. The smallest absolute Gasteiger partial charge is 0.0643 e. The largest absolute Gasteiger partial charge is 0.379 e. The quantitative estimate of drug-likeness (QED) is 0.618. The van der Waals surface area contributed by atoms with Gasteiger partial charge in [-0.3, -0.25) is 4.90 Å². The van der Waals surface area contributed by atoms with Crippen molar-refractivity contribution in [3.05, 3.63) is 0 Å². The molecule has 4 heteroatoms. The highest BCUT2D eigenvalue weighted by Crippen LogP contribution is 2.00. The van der Waals surface area contributed by atoms with Crippen LogP contribution in [0.4, 0.5) is 0 Å². The maximum atomic E-state index is 5.30. The van der Waals surface area contributed by atoms with Gasteiger partial charge in [-0.15, -0.1) is 0 Å². The van der Waals surface area contributed by atoms with Crippen molar-refractivity contribution in [3.8, 4) is 0 Å². The molecule has 0 unspecified atom stereocenters. The predicted octanol–water partition coefficient (Wildman–Crippen LogP) is -0.303. The molecular formula is C10H20N2O2. The summed E-state index contributed by atoms with van der Waals surface area (Å²) in [7, 11) is 0. The summed E-state index contributed by atoms with van der Waals surface area (Å²) in [5, 5.41) is 3.48. The van der Waals surface area contributed by atoms with E-state index in [1.54, 1.807) is 0 Å². The van der Waals surface area contributed by atoms with Crippen molar-refractivity contribution in [1.82, 2.24) is 10.2 Å². The highest BCUT2D eigenvalue weighted by Gasteiger charge is 2.16. The molecule has 0 saturated carbocycles. The Kier molecular flexibility index (Phi) is 4.19. The van der Waals surface area contributed by atoms with E-state index < -0.39 is 0 Å². The van der Waals surface area contributed by atoms with Crippen LogP contribution in [-0.2, 0) is 9.47 Å². The van der Waals surface area contributed by atoms with E-state index in [0.29, 0.717) is 6.04 Å². The summed E-state index contributed by atoms with van der Waals surface area (Å²) in [4.78, 5) is 2.47. The first-order valence-electron chi connectivity index (χ1n) is 5.56. The van der Waals surface area contributed by atoms with Crippen LogP contribution in [0.2, 0.25) is 0 Å². The third kappa shape index (κ3) is 3.20. The van der Waals surface area contributed by atoms with Gasteiger partial charge in [0.25, 0.3) is 0 Å². The van der Waals surface area contributed by atoms with Gasteiger partial charge in [0.1, 0.15) is 0 Å². The van der Waals surface area contributed by atoms with Crippen LogP contribution in [0.3, 0.4) is 0 Å². The first-order chi connectivity index (χ1) is 6.95. The SMILES string of the molecule is C(CNC1COC1)CN1CCOCC1. The standard InChI is InChI=1S/C10H20N2O2/c1(2-11-10-8-14-9-10)3-12-4-6-13-7-5-12/h10-11H,1-9H2. The van der Waals surface area contributed by atoms with Crippen LogP contribution in [0, 0.1) is 0 Å². The minimum Gasteiger partial charge on any atom is -0.379 e. The van der Waals surface area contributed by atoms with Crippen molar-refractivity contribution >= 4 is 0 Å². The van der Waals surface area contributed by atoms with Crippen LogP contribution in [-0.4, -0.2) is 63.5 Å². The van der Waals surface area contributed by atoms with Crippen molar-refractivity contribution in [1.29, 1.82) is 0 Å². The number of rotatable bonds is 5. The third-order valence-corrected chi connectivity index (χ3v) is 2.83. The molecule has 2 heterocycles. The molecule has 82 valence electrons. The molecule has 0 aromatic carbocycles. The van der Waals surface area contributed by atoms with Gasteiger partial charge < -0.3 is 14.8 Å². The second-order valence-electron chi connectivity index (χ2n) is 4.00. The van der Waals surface area contributed by atoms with Crippen LogP contribution >= 0.6 is 0 Å². The molecule has 0 radical (unpaired) electrons. The topological polar surface area (TPSA) is 33.7 Å². The molecule has 2 rings (SSSR count). The van der Waals surface area contributed by atoms with E-state index in [9.17, 15) is 0 Å². The van der Waals surface area contributed by atoms with Crippen molar-refractivity contribution in [2.75, 3.05) is 52.6 Å². The molecule has 2 saturated heterocycles. The van der Waals surface area contributed by atoms with E-state index in [-0.39, 0.29) is 0 Å². The van der Waals surface area contributed by atoms with Gasteiger partial charge in [0.2, 0.25) is 0 Å². The second-order valence-corrected chi connectivity index (χ2v) is 4.00. The Balaban J connectivity index is 1.45. The predicted molar refractivity (Wildman–Crippen MR) is 54.5 cm³/mol. The summed E-state index contributed by atoms with van der Waals surface area (Å²) in [6.45, 7) is 8.14. The molecule has 1 N–H and O–H groups in total. The average Bonchev–Trinajstić information content (AvgIpc) is 2.16. The normalized spacial score (nSPS) is 24.9. The van der Waals surface area contributed by atoms with Crippen molar-refractivity contribution in [2.45, 2.75) is 12.5 Å². The Labute approximate surface area is 85.5 Å². The number of hydrogen-bond donors (Lipinski definition) is 1. The Morgan fingerprint density at radius 3 is 2.57 bits per heavy atom. The van der Waals surface area contributed by atoms with Gasteiger partial charge >= 0.3 is 0 Å². The zero-order valence-corrected chi connectivity index (χ0v) is 8.71. The summed E-state index contributed by atoms with van der Waals surface area (Å²) in [5.41, 5.74) is 0. The summed E-state index contributed by atoms with van der Waals surface area (Å²) >= 11 is 0. The third-order valence-electron chi connectivity index (χ3n) is 2.83. The number of ether oxygens (including phenoxy) is 2. The van der Waals surface area contributed by atoms with E-state index in [0.717, 1.165) is 46.1 Å². The minimum atomic E-state index is 0.625. The molecule has 2 aliphatic rings. The zero-order chi connectivity index (χ0) is 9.64. The van der Waals surface area contributed by atoms with Gasteiger partial charge in [-0.1, -0.05) is 0 Å². The fraction of sp³-hybridized carbons (Fsp3) is 1.00. The Morgan fingerprint density at radius 2 is 1.93 bits per heavy atom. The molecule has 4 nitrogen and oxygen atoms in total. The van der Waals surface area contributed by atoms with E-state index in [2.05, 4.69) is 10.2 Å². The van der Waals surface area contributed by atoms with Crippen LogP contribution in [0.15, 0.2) is 0 Å². The molecule has 0 bridgehead atoms. The first kappa shape index (κ1) is 10.4. The molecule has 0 atom stereocenters. The van der Waals surface area contributed by atoms with Crippen LogP contribution in [0.25, 0.3) is 0 Å². The molecule has 14 heavy (non-hydrogen) atoms. The highest BCUT2D eigenvalue weighted by molar-refractivity contribution is 4.73. The minimum absolute atomic E-state index is 0.625. The molecular weight excluding hydrogens is 180 g/mol. The maximum Gasteiger partial charge on any atom is 0.0643 e. The lowest BCUT2D eigenvalue weighted by atomic mass is 10.2. The fourth-order valence-corrected chi connectivity index (χ4v) is 1.79. The van der Waals surface area contributed by atoms with Gasteiger partial charge in [-0.2, -0.15) is 0 Å². The van der Waals surface area contributed by atoms with E-state index in [1.807, 2.05) is 0 Å². The van der Waals surface area contributed by atoms with Gasteiger partial charge in [0.15, 0.2) is 0 Å². The Hall–Kier alpha value is -0.160. The lowest BCUT2D eigenvalue weighted by Gasteiger charge is -2.29. The maximum absolute atomic E-state index is 5.30. The van der Waals surface area contributed by atoms with Crippen molar-refractivity contribution in [2.24, 2.45) is 0 Å². The van der Waals surface area contributed by atoms with E-state index >= 15 is 0 Å². The molecule has 0 aliphatic carbocycles. The van der Waals surface area contributed by atoms with Crippen LogP contribution in [0.5, 0.6) is 0 Å². The first-order valence-corrected chi connectivity index (χ1v) is 5.56. The van der Waals surface area contributed by atoms with Gasteiger partial charge in [-0.25, -0.2) is 0 Å². The molecule has 2 aliphatic heterocycles.